The van der Waals surface area contributed by atoms with Crippen LogP contribution in [0.3, 0.4) is 0 Å². The van der Waals surface area contributed by atoms with Crippen molar-refractivity contribution >= 4 is 11.8 Å². The maximum Gasteiger partial charge on any atom is 0.00692 e. The predicted molar refractivity (Wildman–Crippen MR) is 70.6 cm³/mol. The number of nitrogens with zero attached hydrogens (tertiary/aromatic N) is 1. The molecule has 0 aromatic heterocycles. The molecule has 0 saturated heterocycles. The minimum Gasteiger partial charge on any atom is -0.306 e. The molecule has 0 aliphatic carbocycles. The fourth-order valence-electron chi connectivity index (χ4n) is 1.56. The fourth-order valence-corrected chi connectivity index (χ4v) is 2.05. The van der Waals surface area contributed by atoms with Crippen LogP contribution < -0.4 is 0 Å². The van der Waals surface area contributed by atoms with Crippen molar-refractivity contribution in [3.8, 4) is 0 Å². The Morgan fingerprint density at radius 3 is 2.53 bits per heavy atom. The lowest BCUT2D eigenvalue weighted by Crippen LogP contribution is -2.22. The van der Waals surface area contributed by atoms with Gasteiger partial charge in [-0.2, -0.15) is 11.8 Å². The molecule has 1 nitrogen and oxygen atoms in total. The highest BCUT2D eigenvalue weighted by Gasteiger charge is 1.97. The van der Waals surface area contributed by atoms with Gasteiger partial charge in [0.2, 0.25) is 0 Å². The minimum absolute atomic E-state index is 1.20. The van der Waals surface area contributed by atoms with E-state index in [9.17, 15) is 0 Å². The number of thioether (sulfide) groups is 1. The van der Waals surface area contributed by atoms with Crippen molar-refractivity contribution in [3.63, 3.8) is 0 Å². The summed E-state index contributed by atoms with van der Waals surface area (Å²) in [5, 5.41) is 0. The lowest BCUT2D eigenvalue weighted by Gasteiger charge is -2.15. The monoisotopic (exact) mass is 223 g/mol. The Kier molecular flexibility index (Phi) is 6.53. The van der Waals surface area contributed by atoms with E-state index < -0.39 is 0 Å². The summed E-state index contributed by atoms with van der Waals surface area (Å²) < 4.78 is 0. The lowest BCUT2D eigenvalue weighted by molar-refractivity contribution is 0.350. The first-order valence-corrected chi connectivity index (χ1v) is 6.93. The van der Waals surface area contributed by atoms with Gasteiger partial charge in [-0.25, -0.2) is 0 Å². The van der Waals surface area contributed by atoms with Gasteiger partial charge in [-0.1, -0.05) is 30.3 Å². The largest absolute Gasteiger partial charge is 0.306 e. The van der Waals surface area contributed by atoms with E-state index in [-0.39, 0.29) is 0 Å². The van der Waals surface area contributed by atoms with Crippen LogP contribution in [0.25, 0.3) is 0 Å². The Morgan fingerprint density at radius 2 is 1.87 bits per heavy atom. The molecule has 0 radical (unpaired) electrons. The molecule has 1 rings (SSSR count). The van der Waals surface area contributed by atoms with Crippen LogP contribution in [0, 0.1) is 0 Å². The van der Waals surface area contributed by atoms with Crippen LogP contribution in [0.2, 0.25) is 0 Å². The van der Waals surface area contributed by atoms with Crippen molar-refractivity contribution in [1.82, 2.24) is 4.90 Å². The van der Waals surface area contributed by atoms with E-state index in [1.54, 1.807) is 0 Å². The zero-order valence-electron chi connectivity index (χ0n) is 9.78. The third kappa shape index (κ3) is 5.85. The molecule has 0 aliphatic rings. The van der Waals surface area contributed by atoms with E-state index in [0.29, 0.717) is 0 Å². The Hall–Kier alpha value is -0.470. The van der Waals surface area contributed by atoms with Gasteiger partial charge in [0, 0.05) is 12.3 Å². The molecular formula is C13H21NS. The predicted octanol–water partition coefficient (Wildman–Crippen LogP) is 2.91. The molecular weight excluding hydrogens is 202 g/mol. The van der Waals surface area contributed by atoms with Gasteiger partial charge >= 0.3 is 0 Å². The second-order valence-corrected chi connectivity index (χ2v) is 4.87. The molecule has 0 N–H and O–H groups in total. The highest BCUT2D eigenvalue weighted by molar-refractivity contribution is 7.98. The third-order valence-corrected chi connectivity index (χ3v) is 3.12. The zero-order chi connectivity index (χ0) is 10.9. The molecule has 0 atom stereocenters. The van der Waals surface area contributed by atoms with Crippen LogP contribution in [0.4, 0.5) is 0 Å². The molecule has 0 aliphatic heterocycles. The summed E-state index contributed by atoms with van der Waals surface area (Å²) >= 11 is 1.92. The van der Waals surface area contributed by atoms with Crippen LogP contribution in [0.5, 0.6) is 0 Å². The molecule has 1 aromatic carbocycles. The quantitative estimate of drug-likeness (QED) is 0.699. The van der Waals surface area contributed by atoms with E-state index in [0.717, 1.165) is 0 Å². The topological polar surface area (TPSA) is 3.24 Å². The molecule has 0 fully saturated rings. The first-order chi connectivity index (χ1) is 7.33. The van der Waals surface area contributed by atoms with Crippen LogP contribution >= 0.6 is 11.8 Å². The summed E-state index contributed by atoms with van der Waals surface area (Å²) in [6.45, 7) is 2.41. The Morgan fingerprint density at radius 1 is 1.13 bits per heavy atom. The second kappa shape index (κ2) is 7.77. The lowest BCUT2D eigenvalue weighted by atomic mass is 10.1. The number of rotatable bonds is 7. The maximum atomic E-state index is 2.42. The van der Waals surface area contributed by atoms with Crippen LogP contribution in [0.15, 0.2) is 30.3 Å². The molecule has 0 unspecified atom stereocenters. The molecule has 0 bridgehead atoms. The average molecular weight is 223 g/mol. The molecule has 0 amide bonds. The Balaban J connectivity index is 2.11. The first kappa shape index (κ1) is 12.6. The van der Waals surface area contributed by atoms with E-state index in [1.807, 2.05) is 11.8 Å². The van der Waals surface area contributed by atoms with Crippen LogP contribution in [-0.4, -0.2) is 37.0 Å². The van der Waals surface area contributed by atoms with Gasteiger partial charge in [0.25, 0.3) is 0 Å². The summed E-state index contributed by atoms with van der Waals surface area (Å²) in [5.74, 6) is 1.24. The summed E-state index contributed by atoms with van der Waals surface area (Å²) in [6, 6.07) is 10.7. The van der Waals surface area contributed by atoms with Gasteiger partial charge in [-0.3, -0.25) is 0 Å². The van der Waals surface area contributed by atoms with Crippen molar-refractivity contribution in [2.24, 2.45) is 0 Å². The molecule has 1 aromatic rings. The van der Waals surface area contributed by atoms with Gasteiger partial charge < -0.3 is 4.90 Å². The van der Waals surface area contributed by atoms with Crippen molar-refractivity contribution in [3.05, 3.63) is 35.9 Å². The third-order valence-electron chi connectivity index (χ3n) is 2.53. The molecule has 0 heterocycles. The zero-order valence-corrected chi connectivity index (χ0v) is 10.6. The Bertz CT molecular complexity index is 248. The first-order valence-electron chi connectivity index (χ1n) is 5.54. The minimum atomic E-state index is 1.20. The maximum absolute atomic E-state index is 2.42. The smallest absolute Gasteiger partial charge is 0.00692 e. The van der Waals surface area contributed by atoms with Gasteiger partial charge in [0.15, 0.2) is 0 Å². The van der Waals surface area contributed by atoms with Crippen molar-refractivity contribution in [2.45, 2.75) is 12.8 Å². The number of hydrogen-bond acceptors (Lipinski definition) is 2. The van der Waals surface area contributed by atoms with E-state index in [4.69, 9.17) is 0 Å². The van der Waals surface area contributed by atoms with Gasteiger partial charge in [-0.05, 0) is 38.3 Å². The highest BCUT2D eigenvalue weighted by atomic mass is 32.2. The summed E-state index contributed by atoms with van der Waals surface area (Å²) in [5.41, 5.74) is 1.45. The van der Waals surface area contributed by atoms with Gasteiger partial charge in [-0.15, -0.1) is 0 Å². The number of aryl methyl sites for hydroxylation is 1. The van der Waals surface area contributed by atoms with E-state index in [1.165, 1.54) is 37.2 Å². The normalized spacial score (nSPS) is 10.9. The van der Waals surface area contributed by atoms with Crippen LogP contribution in [-0.2, 0) is 6.42 Å². The summed E-state index contributed by atoms with van der Waals surface area (Å²) in [4.78, 5) is 2.42. The Labute approximate surface area is 97.9 Å². The number of benzene rings is 1. The number of hydrogen-bond donors (Lipinski definition) is 0. The molecule has 15 heavy (non-hydrogen) atoms. The van der Waals surface area contributed by atoms with Gasteiger partial charge in [0.1, 0.15) is 0 Å². The second-order valence-electron chi connectivity index (χ2n) is 3.89. The van der Waals surface area contributed by atoms with Gasteiger partial charge in [0.05, 0.1) is 0 Å². The van der Waals surface area contributed by atoms with Crippen LogP contribution in [0.1, 0.15) is 12.0 Å². The highest BCUT2D eigenvalue weighted by Crippen LogP contribution is 2.03. The molecule has 2 heteroatoms. The van der Waals surface area contributed by atoms with E-state index in [2.05, 4.69) is 48.5 Å². The SMILES string of the molecule is CSCCN(C)CCCc1ccccc1. The molecule has 0 saturated carbocycles. The molecule has 0 spiro atoms. The molecule has 84 valence electrons. The van der Waals surface area contributed by atoms with Crippen molar-refractivity contribution in [2.75, 3.05) is 32.1 Å². The summed E-state index contributed by atoms with van der Waals surface area (Å²) in [6.07, 6.45) is 4.62. The van der Waals surface area contributed by atoms with Crippen molar-refractivity contribution in [1.29, 1.82) is 0 Å². The standard InChI is InChI=1S/C13H21NS/c1-14(11-12-15-2)10-6-9-13-7-4-3-5-8-13/h3-5,7-8H,6,9-12H2,1-2H3. The van der Waals surface area contributed by atoms with Crippen molar-refractivity contribution < 1.29 is 0 Å². The summed E-state index contributed by atoms with van der Waals surface area (Å²) in [7, 11) is 2.21. The fraction of sp³-hybridized carbons (Fsp3) is 0.538. The van der Waals surface area contributed by atoms with E-state index >= 15 is 0 Å². The average Bonchev–Trinajstić information content (AvgIpc) is 2.28.